The van der Waals surface area contributed by atoms with Crippen LogP contribution in [0.15, 0.2) is 28.8 Å². The van der Waals surface area contributed by atoms with Crippen molar-refractivity contribution in [3.8, 4) is 11.3 Å². The standard InChI is InChI=1S/C26H38FN3O5/c1-19(2)17-33-18-20(31)14-29(15-21-6-5-11-34-21)16-23-25(22-7-3-4-8-24(22)27)28-35-26(23)30-9-12-32-13-10-30/h3-4,7-8,19-21,31H,5-6,9-18H2,1-2H3. The lowest BCUT2D eigenvalue weighted by molar-refractivity contribution is -0.00390. The van der Waals surface area contributed by atoms with Gasteiger partial charge in [-0.05, 0) is 30.9 Å². The number of anilines is 1. The van der Waals surface area contributed by atoms with Gasteiger partial charge in [-0.3, -0.25) is 4.90 Å². The monoisotopic (exact) mass is 491 g/mol. The average molecular weight is 492 g/mol. The summed E-state index contributed by atoms with van der Waals surface area (Å²) in [5.41, 5.74) is 1.71. The number of halogens is 1. The van der Waals surface area contributed by atoms with Crippen LogP contribution in [0.2, 0.25) is 0 Å². The van der Waals surface area contributed by atoms with Gasteiger partial charge < -0.3 is 28.7 Å². The van der Waals surface area contributed by atoms with Gasteiger partial charge in [-0.1, -0.05) is 31.1 Å². The van der Waals surface area contributed by atoms with Gasteiger partial charge in [0, 0.05) is 51.5 Å². The van der Waals surface area contributed by atoms with Gasteiger partial charge in [-0.15, -0.1) is 0 Å². The van der Waals surface area contributed by atoms with Crippen LogP contribution >= 0.6 is 0 Å². The number of ether oxygens (including phenoxy) is 3. The van der Waals surface area contributed by atoms with Crippen LogP contribution in [-0.2, 0) is 20.8 Å². The summed E-state index contributed by atoms with van der Waals surface area (Å²) < 4.78 is 37.7. The maximum Gasteiger partial charge on any atom is 0.232 e. The smallest absolute Gasteiger partial charge is 0.232 e. The SMILES string of the molecule is CC(C)COCC(O)CN(Cc1c(-c2ccccc2F)noc1N1CCOCC1)CC1CCCO1. The van der Waals surface area contributed by atoms with Crippen molar-refractivity contribution in [2.45, 2.75) is 45.4 Å². The van der Waals surface area contributed by atoms with Crippen molar-refractivity contribution in [3.63, 3.8) is 0 Å². The minimum atomic E-state index is -0.654. The van der Waals surface area contributed by atoms with Crippen LogP contribution in [0.4, 0.5) is 10.3 Å². The minimum absolute atomic E-state index is 0.0994. The van der Waals surface area contributed by atoms with Gasteiger partial charge in [0.2, 0.25) is 5.88 Å². The molecule has 9 heteroatoms. The Morgan fingerprint density at radius 3 is 2.71 bits per heavy atom. The van der Waals surface area contributed by atoms with E-state index in [0.717, 1.165) is 25.0 Å². The quantitative estimate of drug-likeness (QED) is 0.484. The Morgan fingerprint density at radius 2 is 2.00 bits per heavy atom. The first-order chi connectivity index (χ1) is 17.0. The lowest BCUT2D eigenvalue weighted by atomic mass is 10.1. The number of morpholine rings is 1. The summed E-state index contributed by atoms with van der Waals surface area (Å²) in [7, 11) is 0. The molecule has 1 aromatic carbocycles. The van der Waals surface area contributed by atoms with Crippen LogP contribution in [0.1, 0.15) is 32.3 Å². The Labute approximate surface area is 206 Å². The van der Waals surface area contributed by atoms with E-state index in [2.05, 4.69) is 28.8 Å². The third-order valence-electron chi connectivity index (χ3n) is 6.29. The molecule has 194 valence electrons. The average Bonchev–Trinajstić information content (AvgIpc) is 3.50. The van der Waals surface area contributed by atoms with E-state index in [1.54, 1.807) is 18.2 Å². The van der Waals surface area contributed by atoms with Gasteiger partial charge in [0.05, 0.1) is 37.6 Å². The van der Waals surface area contributed by atoms with E-state index in [-0.39, 0.29) is 18.5 Å². The molecule has 2 fully saturated rings. The van der Waals surface area contributed by atoms with Gasteiger partial charge in [0.25, 0.3) is 0 Å². The predicted octanol–water partition coefficient (Wildman–Crippen LogP) is 3.33. The molecular weight excluding hydrogens is 453 g/mol. The molecule has 35 heavy (non-hydrogen) atoms. The van der Waals surface area contributed by atoms with Crippen molar-refractivity contribution in [2.24, 2.45) is 5.92 Å². The highest BCUT2D eigenvalue weighted by Crippen LogP contribution is 2.34. The van der Waals surface area contributed by atoms with Crippen LogP contribution in [-0.4, -0.2) is 86.6 Å². The number of aliphatic hydroxyl groups is 1. The number of rotatable bonds is 12. The summed E-state index contributed by atoms with van der Waals surface area (Å²) in [5.74, 6) is 0.694. The summed E-state index contributed by atoms with van der Waals surface area (Å²) >= 11 is 0. The minimum Gasteiger partial charge on any atom is -0.389 e. The number of aliphatic hydroxyl groups excluding tert-OH is 1. The molecule has 0 bridgehead atoms. The molecule has 0 saturated carbocycles. The van der Waals surface area contributed by atoms with E-state index < -0.39 is 6.10 Å². The van der Waals surface area contributed by atoms with Crippen LogP contribution in [0.25, 0.3) is 11.3 Å². The number of nitrogens with zero attached hydrogens (tertiary/aromatic N) is 3. The number of aromatic nitrogens is 1. The van der Waals surface area contributed by atoms with Crippen LogP contribution < -0.4 is 4.90 Å². The highest BCUT2D eigenvalue weighted by Gasteiger charge is 2.29. The zero-order chi connectivity index (χ0) is 24.6. The van der Waals surface area contributed by atoms with Crippen molar-refractivity contribution in [1.82, 2.24) is 10.1 Å². The van der Waals surface area contributed by atoms with Crippen molar-refractivity contribution in [2.75, 3.05) is 64.1 Å². The lowest BCUT2D eigenvalue weighted by Crippen LogP contribution is -2.40. The van der Waals surface area contributed by atoms with Crippen molar-refractivity contribution in [1.29, 1.82) is 0 Å². The summed E-state index contributed by atoms with van der Waals surface area (Å²) in [4.78, 5) is 4.25. The predicted molar refractivity (Wildman–Crippen MR) is 131 cm³/mol. The van der Waals surface area contributed by atoms with Gasteiger partial charge >= 0.3 is 0 Å². The molecule has 0 aliphatic carbocycles. The molecule has 3 heterocycles. The molecule has 2 aliphatic heterocycles. The highest BCUT2D eigenvalue weighted by molar-refractivity contribution is 5.68. The first kappa shape index (κ1) is 26.0. The first-order valence-electron chi connectivity index (χ1n) is 12.7. The Hall–Kier alpha value is -2.04. The zero-order valence-electron chi connectivity index (χ0n) is 20.8. The van der Waals surface area contributed by atoms with Crippen LogP contribution in [0, 0.1) is 11.7 Å². The fourth-order valence-electron chi connectivity index (χ4n) is 4.62. The van der Waals surface area contributed by atoms with Gasteiger partial charge in [0.15, 0.2) is 0 Å². The molecule has 2 aromatic rings. The molecular formula is C26H38FN3O5. The summed E-state index contributed by atoms with van der Waals surface area (Å²) in [6.45, 7) is 9.85. The Morgan fingerprint density at radius 1 is 1.20 bits per heavy atom. The maximum atomic E-state index is 14.8. The molecule has 2 unspecified atom stereocenters. The highest BCUT2D eigenvalue weighted by atomic mass is 19.1. The normalized spacial score (nSPS) is 19.7. The third kappa shape index (κ3) is 7.24. The maximum absolute atomic E-state index is 14.8. The van der Waals surface area contributed by atoms with Gasteiger partial charge in [0.1, 0.15) is 11.5 Å². The van der Waals surface area contributed by atoms with E-state index in [4.69, 9.17) is 18.7 Å². The number of benzene rings is 1. The van der Waals surface area contributed by atoms with Crippen molar-refractivity contribution >= 4 is 5.88 Å². The molecule has 1 aromatic heterocycles. The molecule has 0 spiro atoms. The molecule has 4 rings (SSSR count). The molecule has 0 amide bonds. The van der Waals surface area contributed by atoms with Gasteiger partial charge in [-0.25, -0.2) is 4.39 Å². The molecule has 2 atom stereocenters. The van der Waals surface area contributed by atoms with E-state index in [9.17, 15) is 9.50 Å². The molecule has 1 N–H and O–H groups in total. The largest absolute Gasteiger partial charge is 0.389 e. The fraction of sp³-hybridized carbons (Fsp3) is 0.654. The van der Waals surface area contributed by atoms with E-state index in [1.165, 1.54) is 6.07 Å². The Kier molecular flexibility index (Phi) is 9.51. The number of hydrogen-bond acceptors (Lipinski definition) is 8. The molecule has 8 nitrogen and oxygen atoms in total. The Bertz CT molecular complexity index is 912. The first-order valence-corrected chi connectivity index (χ1v) is 12.7. The molecule has 2 aliphatic rings. The second kappa shape index (κ2) is 12.8. The third-order valence-corrected chi connectivity index (χ3v) is 6.29. The second-order valence-electron chi connectivity index (χ2n) is 9.81. The topological polar surface area (TPSA) is 80.4 Å². The lowest BCUT2D eigenvalue weighted by Gasteiger charge is -2.30. The van der Waals surface area contributed by atoms with Crippen molar-refractivity contribution < 1.29 is 28.2 Å². The summed E-state index contributed by atoms with van der Waals surface area (Å²) in [5, 5.41) is 15.1. The molecule has 2 saturated heterocycles. The van der Waals surface area contributed by atoms with Crippen LogP contribution in [0.3, 0.4) is 0 Å². The molecule has 0 radical (unpaired) electrons. The van der Waals surface area contributed by atoms with Gasteiger partial charge in [-0.2, -0.15) is 0 Å². The summed E-state index contributed by atoms with van der Waals surface area (Å²) in [6, 6.07) is 6.62. The van der Waals surface area contributed by atoms with Crippen LogP contribution in [0.5, 0.6) is 0 Å². The van der Waals surface area contributed by atoms with Crippen molar-refractivity contribution in [3.05, 3.63) is 35.6 Å². The number of hydrogen-bond donors (Lipinski definition) is 1. The zero-order valence-corrected chi connectivity index (χ0v) is 20.8. The summed E-state index contributed by atoms with van der Waals surface area (Å²) in [6.07, 6.45) is 1.46. The van der Waals surface area contributed by atoms with E-state index in [1.807, 2.05) is 0 Å². The van der Waals surface area contributed by atoms with E-state index >= 15 is 0 Å². The Balaban J connectivity index is 1.59. The second-order valence-corrected chi connectivity index (χ2v) is 9.81. The fourth-order valence-corrected chi connectivity index (χ4v) is 4.62. The van der Waals surface area contributed by atoms with E-state index in [0.29, 0.717) is 75.6 Å².